The fraction of sp³-hybridized carbons (Fsp3) is 0.167. The maximum atomic E-state index is 4.91. The molecule has 3 heteroatoms. The summed E-state index contributed by atoms with van der Waals surface area (Å²) in [5.41, 5.74) is 4.91. The molecule has 1 heterocycles. The van der Waals surface area contributed by atoms with Crippen LogP contribution in [0.2, 0.25) is 0 Å². The Bertz CT molecular complexity index is 106. The molecule has 1 aromatic rings. The van der Waals surface area contributed by atoms with Gasteiger partial charge in [-0.1, -0.05) is 6.08 Å². The summed E-state index contributed by atoms with van der Waals surface area (Å²) in [6.07, 6.45) is 5.11. The Morgan fingerprint density at radius 2 is 2.44 bits per heavy atom. The first-order chi connectivity index (χ1) is 4.41. The molecule has 0 aliphatic carbocycles. The van der Waals surface area contributed by atoms with Gasteiger partial charge in [-0.05, 0) is 6.07 Å². The number of aromatic amines is 1. The molecule has 3 nitrogen and oxygen atoms in total. The highest BCUT2D eigenvalue weighted by Crippen LogP contribution is 1.64. The molecule has 1 rings (SSSR count). The SMILES string of the molecule is C=CCN.c1cn[nH]c1. The molecule has 0 amide bonds. The lowest BCUT2D eigenvalue weighted by molar-refractivity contribution is 1.09. The maximum absolute atomic E-state index is 4.91. The van der Waals surface area contributed by atoms with E-state index in [2.05, 4.69) is 16.8 Å². The van der Waals surface area contributed by atoms with Crippen LogP contribution < -0.4 is 5.73 Å². The van der Waals surface area contributed by atoms with Crippen molar-refractivity contribution in [1.82, 2.24) is 10.2 Å². The van der Waals surface area contributed by atoms with Gasteiger partial charge in [-0.2, -0.15) is 5.10 Å². The number of hydrogen-bond acceptors (Lipinski definition) is 2. The van der Waals surface area contributed by atoms with Crippen LogP contribution in [-0.4, -0.2) is 16.7 Å². The highest BCUT2D eigenvalue weighted by molar-refractivity contribution is 4.72. The standard InChI is InChI=1S/C3H4N2.C3H7N/c1-2-4-5-3-1;1-2-3-4/h1-3H,(H,4,5);2H,1,3-4H2. The zero-order valence-electron chi connectivity index (χ0n) is 5.25. The minimum absolute atomic E-state index is 0.583. The number of nitrogens with zero attached hydrogens (tertiary/aromatic N) is 1. The van der Waals surface area contributed by atoms with Gasteiger partial charge in [-0.15, -0.1) is 6.58 Å². The number of hydrogen-bond donors (Lipinski definition) is 2. The van der Waals surface area contributed by atoms with Crippen molar-refractivity contribution in [2.45, 2.75) is 0 Å². The molecule has 0 fully saturated rings. The summed E-state index contributed by atoms with van der Waals surface area (Å²) >= 11 is 0. The molecule has 0 saturated carbocycles. The molecule has 0 aliphatic rings. The second kappa shape index (κ2) is 6.91. The third-order valence-corrected chi connectivity index (χ3v) is 0.573. The van der Waals surface area contributed by atoms with E-state index in [0.717, 1.165) is 0 Å². The largest absolute Gasteiger partial charge is 0.327 e. The molecule has 0 aliphatic heterocycles. The Hall–Kier alpha value is -1.09. The van der Waals surface area contributed by atoms with Crippen molar-refractivity contribution in [3.63, 3.8) is 0 Å². The predicted molar refractivity (Wildman–Crippen MR) is 37.8 cm³/mol. The fourth-order valence-corrected chi connectivity index (χ4v) is 0.215. The number of rotatable bonds is 1. The second-order valence-electron chi connectivity index (χ2n) is 1.29. The van der Waals surface area contributed by atoms with Gasteiger partial charge in [-0.3, -0.25) is 5.10 Å². The molecule has 0 aromatic carbocycles. The van der Waals surface area contributed by atoms with Gasteiger partial charge in [0.25, 0.3) is 0 Å². The molecule has 9 heavy (non-hydrogen) atoms. The van der Waals surface area contributed by atoms with Crippen LogP contribution in [-0.2, 0) is 0 Å². The molecule has 1 aromatic heterocycles. The minimum Gasteiger partial charge on any atom is -0.327 e. The van der Waals surface area contributed by atoms with Crippen LogP contribution in [0.5, 0.6) is 0 Å². The Balaban J connectivity index is 0.000000148. The number of nitrogens with one attached hydrogen (secondary N) is 1. The van der Waals surface area contributed by atoms with Crippen molar-refractivity contribution >= 4 is 0 Å². The molecule has 0 radical (unpaired) electrons. The Morgan fingerprint density at radius 1 is 1.78 bits per heavy atom. The molecule has 50 valence electrons. The highest BCUT2D eigenvalue weighted by atomic mass is 15.1. The summed E-state index contributed by atoms with van der Waals surface area (Å²) in [5.74, 6) is 0. The average Bonchev–Trinajstić information content (AvgIpc) is 2.43. The predicted octanol–water partition coefficient (Wildman–Crippen LogP) is 0.541. The molecule has 0 unspecified atom stereocenters. The number of nitrogens with two attached hydrogens (primary N) is 1. The van der Waals surface area contributed by atoms with E-state index in [9.17, 15) is 0 Å². The molecule has 0 saturated heterocycles. The molecule has 3 N–H and O–H groups in total. The second-order valence-corrected chi connectivity index (χ2v) is 1.29. The number of H-pyrrole nitrogens is 1. The lowest BCUT2D eigenvalue weighted by Crippen LogP contribution is -1.90. The first-order valence-electron chi connectivity index (χ1n) is 2.66. The van der Waals surface area contributed by atoms with Crippen LogP contribution in [0.15, 0.2) is 31.1 Å². The van der Waals surface area contributed by atoms with Crippen molar-refractivity contribution in [1.29, 1.82) is 0 Å². The summed E-state index contributed by atoms with van der Waals surface area (Å²) in [4.78, 5) is 0. The normalized spacial score (nSPS) is 7.22. The van der Waals surface area contributed by atoms with E-state index in [1.807, 2.05) is 6.07 Å². The van der Waals surface area contributed by atoms with Gasteiger partial charge in [0.15, 0.2) is 0 Å². The third kappa shape index (κ3) is 6.91. The van der Waals surface area contributed by atoms with Crippen molar-refractivity contribution in [2.75, 3.05) is 6.54 Å². The van der Waals surface area contributed by atoms with Crippen molar-refractivity contribution in [2.24, 2.45) is 5.73 Å². The Kier molecular flexibility index (Phi) is 6.07. The molecular formula is C6H11N3. The van der Waals surface area contributed by atoms with Gasteiger partial charge in [0, 0.05) is 18.9 Å². The summed E-state index contributed by atoms with van der Waals surface area (Å²) in [6, 6.07) is 1.83. The van der Waals surface area contributed by atoms with E-state index in [4.69, 9.17) is 5.73 Å². The van der Waals surface area contributed by atoms with Gasteiger partial charge in [0.2, 0.25) is 0 Å². The highest BCUT2D eigenvalue weighted by Gasteiger charge is 1.56. The zero-order chi connectivity index (χ0) is 6.95. The summed E-state index contributed by atoms with van der Waals surface area (Å²) in [5, 5.41) is 6.21. The zero-order valence-corrected chi connectivity index (χ0v) is 5.25. The quantitative estimate of drug-likeness (QED) is 0.538. The smallest absolute Gasteiger partial charge is 0.0487 e. The van der Waals surface area contributed by atoms with E-state index in [1.54, 1.807) is 18.5 Å². The minimum atomic E-state index is 0.583. The molecule has 0 spiro atoms. The lowest BCUT2D eigenvalue weighted by atomic mass is 10.7. The van der Waals surface area contributed by atoms with Gasteiger partial charge in [0.05, 0.1) is 0 Å². The van der Waals surface area contributed by atoms with Crippen LogP contribution in [0.3, 0.4) is 0 Å². The lowest BCUT2D eigenvalue weighted by Gasteiger charge is -1.61. The van der Waals surface area contributed by atoms with Crippen molar-refractivity contribution in [3.05, 3.63) is 31.1 Å². The summed E-state index contributed by atoms with van der Waals surface area (Å²) in [7, 11) is 0. The molecule has 0 bridgehead atoms. The van der Waals surface area contributed by atoms with Crippen LogP contribution in [0.25, 0.3) is 0 Å². The van der Waals surface area contributed by atoms with Gasteiger partial charge < -0.3 is 5.73 Å². The van der Waals surface area contributed by atoms with Crippen LogP contribution >= 0.6 is 0 Å². The first-order valence-corrected chi connectivity index (χ1v) is 2.66. The first kappa shape index (κ1) is 7.91. The van der Waals surface area contributed by atoms with Crippen LogP contribution in [0.1, 0.15) is 0 Å². The molecule has 0 atom stereocenters. The van der Waals surface area contributed by atoms with Gasteiger partial charge in [-0.25, -0.2) is 0 Å². The van der Waals surface area contributed by atoms with E-state index in [1.165, 1.54) is 0 Å². The van der Waals surface area contributed by atoms with Crippen LogP contribution in [0, 0.1) is 0 Å². The summed E-state index contributed by atoms with van der Waals surface area (Å²) < 4.78 is 0. The number of aromatic nitrogens is 2. The van der Waals surface area contributed by atoms with E-state index in [0.29, 0.717) is 6.54 Å². The third-order valence-electron chi connectivity index (χ3n) is 0.573. The topological polar surface area (TPSA) is 54.7 Å². The van der Waals surface area contributed by atoms with E-state index >= 15 is 0 Å². The monoisotopic (exact) mass is 125 g/mol. The Labute approximate surface area is 54.6 Å². The van der Waals surface area contributed by atoms with Gasteiger partial charge >= 0.3 is 0 Å². The van der Waals surface area contributed by atoms with Gasteiger partial charge in [0.1, 0.15) is 0 Å². The molecular weight excluding hydrogens is 114 g/mol. The van der Waals surface area contributed by atoms with Crippen LogP contribution in [0.4, 0.5) is 0 Å². The fourth-order valence-electron chi connectivity index (χ4n) is 0.215. The van der Waals surface area contributed by atoms with Crippen molar-refractivity contribution < 1.29 is 0 Å². The average molecular weight is 125 g/mol. The van der Waals surface area contributed by atoms with E-state index in [-0.39, 0.29) is 0 Å². The van der Waals surface area contributed by atoms with Crippen molar-refractivity contribution in [3.8, 4) is 0 Å². The summed E-state index contributed by atoms with van der Waals surface area (Å²) in [6.45, 7) is 3.94. The van der Waals surface area contributed by atoms with E-state index < -0.39 is 0 Å². The Morgan fingerprint density at radius 3 is 2.56 bits per heavy atom. The maximum Gasteiger partial charge on any atom is 0.0487 e.